The lowest BCUT2D eigenvalue weighted by Crippen LogP contribution is -2.25. The molecule has 1 aromatic carbocycles. The van der Waals surface area contributed by atoms with Crippen molar-refractivity contribution >= 4 is 5.97 Å². The number of benzene rings is 1. The predicted molar refractivity (Wildman–Crippen MR) is 62.4 cm³/mol. The van der Waals surface area contributed by atoms with Crippen LogP contribution >= 0.6 is 0 Å². The number of methoxy groups -OCH3 is 1. The molecule has 1 fully saturated rings. The van der Waals surface area contributed by atoms with Gasteiger partial charge >= 0.3 is 5.97 Å². The molecule has 1 aliphatic rings. The van der Waals surface area contributed by atoms with Gasteiger partial charge in [0.1, 0.15) is 5.41 Å². The van der Waals surface area contributed by atoms with E-state index in [-0.39, 0.29) is 11.2 Å². The van der Waals surface area contributed by atoms with E-state index in [0.29, 0.717) is 17.7 Å². The summed E-state index contributed by atoms with van der Waals surface area (Å²) in [6.07, 6.45) is 0.524. The highest BCUT2D eigenvalue weighted by Gasteiger charge is 2.68. The molecular formula is C13H16O4. The summed E-state index contributed by atoms with van der Waals surface area (Å²) in [5, 5.41) is 19.5. The standard InChI is InChI=1S/C13H16O4/c1-12(2)7-13(12,11(15)16)8-5-4-6-9(17-3)10(8)14/h4-6,14H,7H2,1-3H3,(H,15,16). The Bertz CT molecular complexity index is 478. The van der Waals surface area contributed by atoms with E-state index < -0.39 is 11.4 Å². The van der Waals surface area contributed by atoms with Crippen molar-refractivity contribution in [3.05, 3.63) is 23.8 Å². The average Bonchev–Trinajstić information content (AvgIpc) is 2.83. The fraction of sp³-hybridized carbons (Fsp3) is 0.462. The molecule has 0 radical (unpaired) electrons. The van der Waals surface area contributed by atoms with E-state index in [2.05, 4.69) is 0 Å². The summed E-state index contributed by atoms with van der Waals surface area (Å²) in [5.74, 6) is -0.653. The zero-order chi connectivity index (χ0) is 12.8. The number of hydrogen-bond acceptors (Lipinski definition) is 3. The Labute approximate surface area is 99.8 Å². The molecule has 0 spiro atoms. The number of ether oxygens (including phenoxy) is 1. The molecule has 0 aliphatic heterocycles. The van der Waals surface area contributed by atoms with Gasteiger partial charge in [-0.1, -0.05) is 26.0 Å². The van der Waals surface area contributed by atoms with Gasteiger partial charge in [0.05, 0.1) is 7.11 Å². The molecular weight excluding hydrogens is 220 g/mol. The first-order chi connectivity index (χ1) is 7.87. The van der Waals surface area contributed by atoms with E-state index in [1.165, 1.54) is 7.11 Å². The van der Waals surface area contributed by atoms with Crippen LogP contribution in [-0.2, 0) is 10.2 Å². The SMILES string of the molecule is COc1cccc(C2(C(=O)O)CC2(C)C)c1O. The molecule has 2 rings (SSSR count). The summed E-state index contributed by atoms with van der Waals surface area (Å²) in [5.41, 5.74) is -0.900. The monoisotopic (exact) mass is 236 g/mol. The second kappa shape index (κ2) is 3.39. The second-order valence-electron chi connectivity index (χ2n) is 5.13. The molecule has 0 aromatic heterocycles. The van der Waals surface area contributed by atoms with Crippen molar-refractivity contribution < 1.29 is 19.7 Å². The molecule has 17 heavy (non-hydrogen) atoms. The minimum Gasteiger partial charge on any atom is -0.504 e. The topological polar surface area (TPSA) is 66.8 Å². The fourth-order valence-corrected chi connectivity index (χ4v) is 2.59. The largest absolute Gasteiger partial charge is 0.504 e. The van der Waals surface area contributed by atoms with Crippen LogP contribution in [0.3, 0.4) is 0 Å². The van der Waals surface area contributed by atoms with Crippen molar-refractivity contribution in [2.75, 3.05) is 7.11 Å². The van der Waals surface area contributed by atoms with E-state index in [4.69, 9.17) is 4.74 Å². The van der Waals surface area contributed by atoms with Gasteiger partial charge in [0.15, 0.2) is 11.5 Å². The number of rotatable bonds is 3. The molecule has 1 unspecified atom stereocenters. The van der Waals surface area contributed by atoms with Crippen LogP contribution in [0.5, 0.6) is 11.5 Å². The van der Waals surface area contributed by atoms with Crippen LogP contribution in [0.1, 0.15) is 25.8 Å². The van der Waals surface area contributed by atoms with E-state index in [0.717, 1.165) is 0 Å². The van der Waals surface area contributed by atoms with Crippen molar-refractivity contribution in [1.29, 1.82) is 0 Å². The van der Waals surface area contributed by atoms with Gasteiger partial charge in [0.25, 0.3) is 0 Å². The highest BCUT2D eigenvalue weighted by atomic mass is 16.5. The predicted octanol–water partition coefficient (Wildman–Crippen LogP) is 2.15. The highest BCUT2D eigenvalue weighted by molar-refractivity contribution is 5.88. The van der Waals surface area contributed by atoms with Gasteiger partial charge in [0, 0.05) is 5.56 Å². The third-order valence-corrected chi connectivity index (χ3v) is 3.78. The molecule has 1 aliphatic carbocycles. The Balaban J connectivity index is 2.58. The van der Waals surface area contributed by atoms with Crippen molar-refractivity contribution in [3.63, 3.8) is 0 Å². The van der Waals surface area contributed by atoms with Gasteiger partial charge in [-0.2, -0.15) is 0 Å². The average molecular weight is 236 g/mol. The van der Waals surface area contributed by atoms with Crippen molar-refractivity contribution in [2.45, 2.75) is 25.7 Å². The van der Waals surface area contributed by atoms with Crippen molar-refractivity contribution in [1.82, 2.24) is 0 Å². The van der Waals surface area contributed by atoms with Crippen LogP contribution in [0.2, 0.25) is 0 Å². The molecule has 1 aromatic rings. The Hall–Kier alpha value is -1.71. The Morgan fingerprint density at radius 2 is 2.00 bits per heavy atom. The smallest absolute Gasteiger partial charge is 0.314 e. The summed E-state index contributed by atoms with van der Waals surface area (Å²) in [6.45, 7) is 3.78. The van der Waals surface area contributed by atoms with Crippen LogP contribution in [0.4, 0.5) is 0 Å². The normalized spacial score (nSPS) is 25.4. The molecule has 4 heteroatoms. The fourth-order valence-electron chi connectivity index (χ4n) is 2.59. The van der Waals surface area contributed by atoms with Crippen molar-refractivity contribution in [3.8, 4) is 11.5 Å². The molecule has 1 atom stereocenters. The van der Waals surface area contributed by atoms with Crippen molar-refractivity contribution in [2.24, 2.45) is 5.41 Å². The number of carboxylic acids is 1. The Morgan fingerprint density at radius 3 is 2.41 bits per heavy atom. The first kappa shape index (κ1) is 11.8. The minimum absolute atomic E-state index is 0.0667. The van der Waals surface area contributed by atoms with Crippen LogP contribution in [0.15, 0.2) is 18.2 Å². The second-order valence-corrected chi connectivity index (χ2v) is 5.13. The minimum atomic E-state index is -0.994. The number of hydrogen-bond donors (Lipinski definition) is 2. The van der Waals surface area contributed by atoms with Gasteiger partial charge in [0.2, 0.25) is 0 Å². The number of carbonyl (C=O) groups is 1. The third kappa shape index (κ3) is 1.40. The molecule has 0 heterocycles. The van der Waals surface area contributed by atoms with Crippen LogP contribution < -0.4 is 4.74 Å². The number of aromatic hydroxyl groups is 1. The molecule has 92 valence electrons. The number of phenols is 1. The molecule has 0 bridgehead atoms. The lowest BCUT2D eigenvalue weighted by atomic mass is 9.87. The summed E-state index contributed by atoms with van der Waals surface area (Å²) in [7, 11) is 1.45. The molecule has 1 saturated carbocycles. The van der Waals surface area contributed by atoms with Crippen LogP contribution in [0, 0.1) is 5.41 Å². The van der Waals surface area contributed by atoms with E-state index >= 15 is 0 Å². The van der Waals surface area contributed by atoms with Gasteiger partial charge < -0.3 is 14.9 Å². The number of aliphatic carboxylic acids is 1. The third-order valence-electron chi connectivity index (χ3n) is 3.78. The summed E-state index contributed by atoms with van der Waals surface area (Å²) in [4.78, 5) is 11.5. The summed E-state index contributed by atoms with van der Waals surface area (Å²) in [6, 6.07) is 4.97. The maximum Gasteiger partial charge on any atom is 0.314 e. The molecule has 2 N–H and O–H groups in total. The van der Waals surface area contributed by atoms with Gasteiger partial charge in [-0.15, -0.1) is 0 Å². The van der Waals surface area contributed by atoms with Gasteiger partial charge in [-0.25, -0.2) is 0 Å². The first-order valence-electron chi connectivity index (χ1n) is 5.46. The van der Waals surface area contributed by atoms with E-state index in [1.807, 2.05) is 13.8 Å². The van der Waals surface area contributed by atoms with Gasteiger partial charge in [-0.3, -0.25) is 4.79 Å². The number of phenolic OH excluding ortho intramolecular Hbond substituents is 1. The Kier molecular flexibility index (Phi) is 2.35. The zero-order valence-electron chi connectivity index (χ0n) is 10.2. The van der Waals surface area contributed by atoms with E-state index in [1.54, 1.807) is 18.2 Å². The quantitative estimate of drug-likeness (QED) is 0.843. The molecule has 0 amide bonds. The van der Waals surface area contributed by atoms with Crippen LogP contribution in [0.25, 0.3) is 0 Å². The first-order valence-corrected chi connectivity index (χ1v) is 5.46. The van der Waals surface area contributed by atoms with Crippen LogP contribution in [-0.4, -0.2) is 23.3 Å². The molecule has 0 saturated heterocycles. The summed E-state index contributed by atoms with van der Waals surface area (Å²) < 4.78 is 5.01. The zero-order valence-corrected chi connectivity index (χ0v) is 10.2. The van der Waals surface area contributed by atoms with Gasteiger partial charge in [-0.05, 0) is 17.9 Å². The maximum atomic E-state index is 11.5. The lowest BCUT2D eigenvalue weighted by molar-refractivity contribution is -0.141. The lowest BCUT2D eigenvalue weighted by Gasteiger charge is -2.18. The summed E-state index contributed by atoms with van der Waals surface area (Å²) >= 11 is 0. The van der Waals surface area contributed by atoms with E-state index in [9.17, 15) is 15.0 Å². The number of carboxylic acid groups (broad SMARTS) is 1. The molecule has 4 nitrogen and oxygen atoms in total. The highest BCUT2D eigenvalue weighted by Crippen LogP contribution is 2.66. The Morgan fingerprint density at radius 1 is 1.41 bits per heavy atom. The number of para-hydroxylation sites is 1. The maximum absolute atomic E-state index is 11.5.